The zero-order valence-corrected chi connectivity index (χ0v) is 10.4. The molecule has 0 atom stereocenters. The van der Waals surface area contributed by atoms with E-state index < -0.39 is 6.36 Å². The molecule has 0 saturated heterocycles. The van der Waals surface area contributed by atoms with Gasteiger partial charge < -0.3 is 15.4 Å². The third kappa shape index (κ3) is 6.66. The van der Waals surface area contributed by atoms with Gasteiger partial charge in [-0.15, -0.1) is 13.2 Å². The maximum Gasteiger partial charge on any atom is 0.573 e. The van der Waals surface area contributed by atoms with Gasteiger partial charge >= 0.3 is 6.36 Å². The highest BCUT2D eigenvalue weighted by molar-refractivity contribution is 5.76. The van der Waals surface area contributed by atoms with Crippen molar-refractivity contribution in [2.24, 2.45) is 0 Å². The lowest BCUT2D eigenvalue weighted by Crippen LogP contribution is -2.26. The molecule has 0 aliphatic rings. The fourth-order valence-electron chi connectivity index (χ4n) is 1.34. The fourth-order valence-corrected chi connectivity index (χ4v) is 1.34. The molecule has 0 spiro atoms. The molecule has 0 aliphatic heterocycles. The molecule has 19 heavy (non-hydrogen) atoms. The zero-order chi connectivity index (χ0) is 14.3. The number of hydrogen-bond donors (Lipinski definition) is 2. The molecule has 1 aromatic carbocycles. The van der Waals surface area contributed by atoms with Gasteiger partial charge in [0.2, 0.25) is 5.91 Å². The summed E-state index contributed by atoms with van der Waals surface area (Å²) >= 11 is 0. The number of hydrogen-bond acceptors (Lipinski definition) is 3. The summed E-state index contributed by atoms with van der Waals surface area (Å²) in [6.07, 6.45) is -4.34. The molecule has 1 rings (SSSR count). The lowest BCUT2D eigenvalue weighted by atomic mass is 10.2. The van der Waals surface area contributed by atoms with E-state index in [9.17, 15) is 18.0 Å². The second kappa shape index (κ2) is 6.98. The molecule has 0 aliphatic carbocycles. The standard InChI is InChI=1S/C12H15F3N2O2/c1-16-7-6-11(18)17-8-9-2-4-10(5-3-9)19-12(13,14)15/h2-5,16H,6-8H2,1H3,(H,17,18). The van der Waals surface area contributed by atoms with Crippen LogP contribution < -0.4 is 15.4 Å². The third-order valence-electron chi connectivity index (χ3n) is 2.25. The molecule has 2 N–H and O–H groups in total. The Bertz CT molecular complexity index is 404. The number of carbonyl (C=O) groups excluding carboxylic acids is 1. The minimum absolute atomic E-state index is 0.120. The second-order valence-electron chi connectivity index (χ2n) is 3.82. The molecule has 1 amide bonds. The maximum absolute atomic E-state index is 11.9. The summed E-state index contributed by atoms with van der Waals surface area (Å²) in [6, 6.07) is 5.37. The van der Waals surface area contributed by atoms with E-state index in [1.807, 2.05) is 0 Å². The van der Waals surface area contributed by atoms with Crippen molar-refractivity contribution in [1.29, 1.82) is 0 Å². The van der Waals surface area contributed by atoms with Gasteiger partial charge in [-0.05, 0) is 24.7 Å². The summed E-state index contributed by atoms with van der Waals surface area (Å²) in [7, 11) is 1.74. The van der Waals surface area contributed by atoms with Crippen molar-refractivity contribution >= 4 is 5.91 Å². The minimum Gasteiger partial charge on any atom is -0.406 e. The van der Waals surface area contributed by atoms with Crippen LogP contribution in [-0.2, 0) is 11.3 Å². The highest BCUT2D eigenvalue weighted by Crippen LogP contribution is 2.22. The van der Waals surface area contributed by atoms with E-state index >= 15 is 0 Å². The van der Waals surface area contributed by atoms with Crippen molar-refractivity contribution < 1.29 is 22.7 Å². The van der Waals surface area contributed by atoms with Crippen molar-refractivity contribution in [2.75, 3.05) is 13.6 Å². The predicted molar refractivity (Wildman–Crippen MR) is 63.5 cm³/mol. The molecule has 4 nitrogen and oxygen atoms in total. The smallest absolute Gasteiger partial charge is 0.406 e. The molecule has 0 bridgehead atoms. The van der Waals surface area contributed by atoms with E-state index in [-0.39, 0.29) is 18.2 Å². The molecular weight excluding hydrogens is 261 g/mol. The molecular formula is C12H15F3N2O2. The summed E-state index contributed by atoms with van der Waals surface area (Å²) < 4.78 is 39.5. The van der Waals surface area contributed by atoms with Crippen LogP contribution in [0.5, 0.6) is 5.75 Å². The van der Waals surface area contributed by atoms with Crippen molar-refractivity contribution in [3.05, 3.63) is 29.8 Å². The number of alkyl halides is 3. The van der Waals surface area contributed by atoms with Gasteiger partial charge in [-0.2, -0.15) is 0 Å². The number of nitrogens with one attached hydrogen (secondary N) is 2. The topological polar surface area (TPSA) is 50.4 Å². The van der Waals surface area contributed by atoms with Crippen LogP contribution in [0.25, 0.3) is 0 Å². The van der Waals surface area contributed by atoms with Crippen LogP contribution in [0.4, 0.5) is 13.2 Å². The molecule has 0 aromatic heterocycles. The maximum atomic E-state index is 11.9. The number of ether oxygens (including phenoxy) is 1. The normalized spacial score (nSPS) is 11.2. The van der Waals surface area contributed by atoms with E-state index in [0.717, 1.165) is 0 Å². The van der Waals surface area contributed by atoms with E-state index in [1.165, 1.54) is 24.3 Å². The highest BCUT2D eigenvalue weighted by atomic mass is 19.4. The van der Waals surface area contributed by atoms with E-state index in [1.54, 1.807) is 7.05 Å². The number of amides is 1. The van der Waals surface area contributed by atoms with Gasteiger partial charge in [0, 0.05) is 19.5 Å². The first-order chi connectivity index (χ1) is 8.90. The summed E-state index contributed by atoms with van der Waals surface area (Å²) in [6.45, 7) is 0.846. The Kier molecular flexibility index (Phi) is 5.62. The predicted octanol–water partition coefficient (Wildman–Crippen LogP) is 1.81. The van der Waals surface area contributed by atoms with Gasteiger partial charge in [0.25, 0.3) is 0 Å². The first-order valence-corrected chi connectivity index (χ1v) is 5.66. The van der Waals surface area contributed by atoms with E-state index in [4.69, 9.17) is 0 Å². The Morgan fingerprint density at radius 2 is 1.89 bits per heavy atom. The molecule has 0 unspecified atom stereocenters. The summed E-state index contributed by atoms with van der Waals surface area (Å²) in [5, 5.41) is 5.50. The quantitative estimate of drug-likeness (QED) is 0.833. The lowest BCUT2D eigenvalue weighted by molar-refractivity contribution is -0.274. The minimum atomic E-state index is -4.69. The number of halogens is 3. The largest absolute Gasteiger partial charge is 0.573 e. The average Bonchev–Trinajstić information content (AvgIpc) is 2.33. The van der Waals surface area contributed by atoms with Gasteiger partial charge in [0.15, 0.2) is 0 Å². The van der Waals surface area contributed by atoms with Crippen molar-refractivity contribution in [1.82, 2.24) is 10.6 Å². The number of benzene rings is 1. The monoisotopic (exact) mass is 276 g/mol. The van der Waals surface area contributed by atoms with Crippen LogP contribution in [0, 0.1) is 0 Å². The third-order valence-corrected chi connectivity index (χ3v) is 2.25. The average molecular weight is 276 g/mol. The van der Waals surface area contributed by atoms with Crippen LogP contribution in [0.15, 0.2) is 24.3 Å². The lowest BCUT2D eigenvalue weighted by Gasteiger charge is -2.09. The Labute approximate surface area is 108 Å². The molecule has 1 aromatic rings. The molecule has 106 valence electrons. The first-order valence-electron chi connectivity index (χ1n) is 5.66. The van der Waals surface area contributed by atoms with Crippen LogP contribution in [0.1, 0.15) is 12.0 Å². The van der Waals surface area contributed by atoms with Crippen LogP contribution in [-0.4, -0.2) is 25.9 Å². The van der Waals surface area contributed by atoms with Crippen LogP contribution in [0.2, 0.25) is 0 Å². The van der Waals surface area contributed by atoms with Gasteiger partial charge in [0.05, 0.1) is 0 Å². The summed E-state index contributed by atoms with van der Waals surface area (Å²) in [5.41, 5.74) is 0.701. The van der Waals surface area contributed by atoms with Crippen LogP contribution in [0.3, 0.4) is 0 Å². The summed E-state index contributed by atoms with van der Waals surface area (Å²) in [4.78, 5) is 11.3. The Morgan fingerprint density at radius 3 is 2.42 bits per heavy atom. The fraction of sp³-hybridized carbons (Fsp3) is 0.417. The van der Waals surface area contributed by atoms with Gasteiger partial charge in [-0.25, -0.2) is 0 Å². The van der Waals surface area contributed by atoms with Crippen molar-refractivity contribution in [2.45, 2.75) is 19.3 Å². The number of rotatable bonds is 6. The van der Waals surface area contributed by atoms with Crippen molar-refractivity contribution in [3.63, 3.8) is 0 Å². The van der Waals surface area contributed by atoms with Gasteiger partial charge in [-0.1, -0.05) is 12.1 Å². The molecule has 0 radical (unpaired) electrons. The summed E-state index contributed by atoms with van der Waals surface area (Å²) in [5.74, 6) is -0.400. The zero-order valence-electron chi connectivity index (χ0n) is 10.4. The van der Waals surface area contributed by atoms with Crippen LogP contribution >= 0.6 is 0 Å². The molecule has 7 heteroatoms. The molecule has 0 heterocycles. The van der Waals surface area contributed by atoms with Gasteiger partial charge in [0.1, 0.15) is 5.75 Å². The SMILES string of the molecule is CNCCC(=O)NCc1ccc(OC(F)(F)F)cc1. The molecule has 0 saturated carbocycles. The van der Waals surface area contributed by atoms with E-state index in [0.29, 0.717) is 18.5 Å². The van der Waals surface area contributed by atoms with Gasteiger partial charge in [-0.3, -0.25) is 4.79 Å². The Balaban J connectivity index is 2.42. The second-order valence-corrected chi connectivity index (χ2v) is 3.82. The number of carbonyl (C=O) groups is 1. The molecule has 0 fully saturated rings. The highest BCUT2D eigenvalue weighted by Gasteiger charge is 2.30. The van der Waals surface area contributed by atoms with E-state index in [2.05, 4.69) is 15.4 Å². The Morgan fingerprint density at radius 1 is 1.26 bits per heavy atom. The first kappa shape index (κ1) is 15.3. The Hall–Kier alpha value is -1.76. The van der Waals surface area contributed by atoms with Crippen molar-refractivity contribution in [3.8, 4) is 5.75 Å².